The summed E-state index contributed by atoms with van der Waals surface area (Å²) in [5, 5.41) is 0. The van der Waals surface area contributed by atoms with E-state index in [0.717, 1.165) is 125 Å². The highest BCUT2D eigenvalue weighted by Gasteiger charge is 2.40. The molecule has 3 saturated carbocycles. The van der Waals surface area contributed by atoms with E-state index < -0.39 is 0 Å². The predicted molar refractivity (Wildman–Crippen MR) is 522 cm³/mol. The van der Waals surface area contributed by atoms with Crippen molar-refractivity contribution in [3.8, 4) is 0 Å². The van der Waals surface area contributed by atoms with Crippen molar-refractivity contribution in [2.45, 2.75) is 549 Å². The topological polar surface area (TPSA) is 9.72 Å². The molecule has 103 heavy (non-hydrogen) atoms. The molecule has 0 aromatic rings. The van der Waals surface area contributed by atoms with Crippen LogP contribution in [0.25, 0.3) is 0 Å². The van der Waals surface area contributed by atoms with Gasteiger partial charge in [-0.25, -0.2) is 0 Å². The van der Waals surface area contributed by atoms with E-state index in [9.17, 15) is 0 Å². The van der Waals surface area contributed by atoms with Crippen molar-refractivity contribution in [3.63, 3.8) is 0 Å². The second kappa shape index (κ2) is 118. The molecule has 0 spiro atoms. The highest BCUT2D eigenvalue weighted by atomic mass is 15.4. The summed E-state index contributed by atoms with van der Waals surface area (Å²) in [6.07, 6.45) is 15.4. The van der Waals surface area contributed by atoms with Crippen molar-refractivity contribution in [1.29, 1.82) is 0 Å². The molecule has 666 valence electrons. The third-order valence-electron chi connectivity index (χ3n) is 21.4. The number of hydrogen-bond donors (Lipinski definition) is 0. The second-order valence-corrected chi connectivity index (χ2v) is 27.3. The maximum Gasteiger partial charge on any atom is 0.0516 e. The van der Waals surface area contributed by atoms with Crippen LogP contribution in [-0.2, 0) is 0 Å². The standard InChI is InChI=1S/C19H38N2.C12H25N.3C10H20.C3H8.12C2H6.12CH4/c1-12-9-13(2)17(6)20(16(12)5)11-21-18(7)14(3)10-15(4)19(21)8;1-6-7-13-11(4)9(2)8-10(3)12(13)5;3*1-7-5-9(3)10(4)6-8(7)2;1-3-2;12*1-2;;;;;;;;;;;;/h12-19H,9-11H2,1-8H3;9-12H,6-8H2,1-5H3;3*7-10H,5-6H2,1-4H3;3H2,1-2H3;12*1-2H3;12*1H4/t12-,13+,14-,15+,16-,17+,18-,19+;9-,10+,11-,12+;3*7-,8+,9+,10-;;;;;;;;;;;;;;;;;;;;;;;;;. The van der Waals surface area contributed by atoms with Crippen LogP contribution in [0.3, 0.4) is 0 Å². The highest BCUT2D eigenvalue weighted by molar-refractivity contribution is 4.93. The van der Waals surface area contributed by atoms with E-state index in [4.69, 9.17) is 0 Å². The summed E-state index contributed by atoms with van der Waals surface area (Å²) in [6.45, 7) is 115. The fourth-order valence-electron chi connectivity index (χ4n) is 13.7. The van der Waals surface area contributed by atoms with Crippen LogP contribution < -0.4 is 0 Å². The molecule has 0 aromatic heterocycles. The Balaban J connectivity index is -0.0000000314. The first-order chi connectivity index (χ1) is 43.1. The quantitative estimate of drug-likeness (QED) is 0.278. The van der Waals surface area contributed by atoms with Crippen LogP contribution in [0, 0.1) is 107 Å². The van der Waals surface area contributed by atoms with Crippen LogP contribution in [0.15, 0.2) is 0 Å². The maximum atomic E-state index is 2.79. The van der Waals surface area contributed by atoms with Crippen LogP contribution in [0.4, 0.5) is 0 Å². The zero-order valence-electron chi connectivity index (χ0n) is 75.4. The number of piperidine rings is 3. The fourth-order valence-corrected chi connectivity index (χ4v) is 13.7. The summed E-state index contributed by atoms with van der Waals surface area (Å²) in [6, 6.07) is 4.41. The minimum absolute atomic E-state index is 0. The van der Waals surface area contributed by atoms with E-state index in [1.54, 1.807) is 0 Å². The first-order valence-corrected chi connectivity index (χ1v) is 42.3. The fraction of sp³-hybridized carbons (Fsp3) is 1.00. The Hall–Kier alpha value is -0.120. The van der Waals surface area contributed by atoms with Gasteiger partial charge in [0.05, 0.1) is 6.67 Å². The number of nitrogens with zero attached hydrogens (tertiary/aromatic N) is 3. The van der Waals surface area contributed by atoms with Gasteiger partial charge in [-0.05, 0) is 219 Å². The van der Waals surface area contributed by atoms with E-state index in [0.29, 0.717) is 24.2 Å². The van der Waals surface area contributed by atoms with Gasteiger partial charge in [-0.1, -0.05) is 407 Å². The molecule has 6 aliphatic rings. The monoisotopic (exact) mass is 1490 g/mol. The van der Waals surface area contributed by atoms with Crippen molar-refractivity contribution in [3.05, 3.63) is 0 Å². The molecule has 0 bridgehead atoms. The smallest absolute Gasteiger partial charge is 0.0516 e. The summed E-state index contributed by atoms with van der Waals surface area (Å²) >= 11 is 0. The summed E-state index contributed by atoms with van der Waals surface area (Å²) in [5.74, 6) is 16.6. The Kier molecular flexibility index (Phi) is 196. The molecular weight excluding hydrogens is 1240 g/mol. The molecule has 0 radical (unpaired) electrons. The van der Waals surface area contributed by atoms with Gasteiger partial charge in [-0.3, -0.25) is 14.7 Å². The molecule has 3 heteroatoms. The van der Waals surface area contributed by atoms with Crippen LogP contribution >= 0.6 is 0 Å². The number of rotatable bonds is 4. The van der Waals surface area contributed by atoms with Crippen LogP contribution in [0.2, 0.25) is 0 Å². The largest absolute Gasteiger partial charge is 0.297 e. The van der Waals surface area contributed by atoms with Crippen molar-refractivity contribution >= 4 is 0 Å². The van der Waals surface area contributed by atoms with Gasteiger partial charge in [0.1, 0.15) is 0 Å². The van der Waals surface area contributed by atoms with Gasteiger partial charge >= 0.3 is 0 Å². The number of hydrogen-bond acceptors (Lipinski definition) is 3. The molecule has 6 rings (SSSR count). The Labute approximate surface area is 679 Å². The zero-order valence-corrected chi connectivity index (χ0v) is 75.4. The Morgan fingerprint density at radius 3 is 0.350 bits per heavy atom. The average Bonchev–Trinajstić information content (AvgIpc) is 0.797. The molecule has 0 aromatic carbocycles. The molecule has 0 unspecified atom stereocenters. The Bertz CT molecular complexity index is 1030. The normalized spacial score (nSPS) is 30.8. The summed E-state index contributed by atoms with van der Waals surface area (Å²) in [4.78, 5) is 8.27. The molecule has 3 nitrogen and oxygen atoms in total. The molecule has 3 aliphatic heterocycles. The third-order valence-corrected chi connectivity index (χ3v) is 21.4. The molecule has 24 atom stereocenters. The van der Waals surface area contributed by atoms with Gasteiger partial charge < -0.3 is 0 Å². The van der Waals surface area contributed by atoms with E-state index in [2.05, 4.69) is 202 Å². The van der Waals surface area contributed by atoms with E-state index >= 15 is 0 Å². The number of likely N-dealkylation sites (tertiary alicyclic amines) is 3. The van der Waals surface area contributed by atoms with Crippen LogP contribution in [-0.4, -0.2) is 64.2 Å². The van der Waals surface area contributed by atoms with Crippen molar-refractivity contribution in [2.75, 3.05) is 13.2 Å². The lowest BCUT2D eigenvalue weighted by Crippen LogP contribution is -2.60. The van der Waals surface area contributed by atoms with Gasteiger partial charge in [0.2, 0.25) is 0 Å². The molecule has 6 fully saturated rings. The molecule has 0 N–H and O–H groups in total. The lowest BCUT2D eigenvalue weighted by atomic mass is 9.71. The predicted octanol–water partition coefficient (Wildman–Crippen LogP) is 38.9. The van der Waals surface area contributed by atoms with Crippen LogP contribution in [0.1, 0.15) is 513 Å². The van der Waals surface area contributed by atoms with Gasteiger partial charge in [0.25, 0.3) is 0 Å². The van der Waals surface area contributed by atoms with Gasteiger partial charge in [0, 0.05) is 36.3 Å². The third kappa shape index (κ3) is 77.0. The molecule has 3 heterocycles. The molecule has 3 saturated heterocycles. The molecule has 3 aliphatic carbocycles. The first kappa shape index (κ1) is 172. The summed E-state index contributed by atoms with van der Waals surface area (Å²) < 4.78 is 0. The summed E-state index contributed by atoms with van der Waals surface area (Å²) in [5.41, 5.74) is 0. The van der Waals surface area contributed by atoms with Crippen molar-refractivity contribution in [2.24, 2.45) is 107 Å². The van der Waals surface area contributed by atoms with Crippen LogP contribution in [0.5, 0.6) is 0 Å². The Morgan fingerprint density at radius 2 is 0.252 bits per heavy atom. The minimum atomic E-state index is 0. The van der Waals surface area contributed by atoms with E-state index in [1.807, 2.05) is 166 Å². The highest BCUT2D eigenvalue weighted by Crippen LogP contribution is 2.40. The summed E-state index contributed by atoms with van der Waals surface area (Å²) in [7, 11) is 0. The van der Waals surface area contributed by atoms with E-state index in [-0.39, 0.29) is 89.1 Å². The lowest BCUT2D eigenvalue weighted by molar-refractivity contribution is -0.0690. The average molecular weight is 1500 g/mol. The van der Waals surface area contributed by atoms with Crippen molar-refractivity contribution in [1.82, 2.24) is 14.7 Å². The lowest BCUT2D eigenvalue weighted by Gasteiger charge is -2.53. The SMILES string of the molecule is C.C.C.C.C.C.C.C.C.C.C.C.CC.CC.CC.CC.CC.CC.CC.CC.CC.CC.CC.CC.CCC.CCCN1[C@H](C)[C@H](C)C[C@H](C)[C@@H]1C.C[C@@H]1C[C@H](C)[C@H](C)C[C@@H]1C.C[C@@H]1C[C@H](C)[C@H](C)C[C@@H]1C.C[C@@H]1C[C@H](C)[C@H](C)C[C@@H]1C.C[C@@H]1C[C@H](C)[C@H](C)N(CN2[C@H](C)[C@H](C)C[C@H](C)[C@@H]2C)[C@@H]1C. The van der Waals surface area contributed by atoms with Gasteiger partial charge in [0.15, 0.2) is 0 Å². The molecular formula is C100H251N3. The van der Waals surface area contributed by atoms with E-state index in [1.165, 1.54) is 77.2 Å². The van der Waals surface area contributed by atoms with Gasteiger partial charge in [-0.15, -0.1) is 0 Å². The minimum Gasteiger partial charge on any atom is -0.297 e. The maximum absolute atomic E-state index is 2.79. The van der Waals surface area contributed by atoms with Gasteiger partial charge in [-0.2, -0.15) is 0 Å². The zero-order chi connectivity index (χ0) is 75.8. The molecule has 0 amide bonds. The first-order valence-electron chi connectivity index (χ1n) is 42.3. The second-order valence-electron chi connectivity index (χ2n) is 27.3. The van der Waals surface area contributed by atoms with Crippen molar-refractivity contribution < 1.29 is 0 Å². The Morgan fingerprint density at radius 1 is 0.165 bits per heavy atom.